The number of hydrogen-bond acceptors (Lipinski definition) is 2. The van der Waals surface area contributed by atoms with Crippen molar-refractivity contribution in [1.29, 1.82) is 0 Å². The minimum Gasteiger partial charge on any atom is -0.329 e. The van der Waals surface area contributed by atoms with Crippen molar-refractivity contribution in [1.82, 2.24) is 4.90 Å². The third-order valence-corrected chi connectivity index (χ3v) is 4.58. The summed E-state index contributed by atoms with van der Waals surface area (Å²) in [4.78, 5) is 2.64. The Morgan fingerprint density at radius 2 is 1.76 bits per heavy atom. The molecule has 1 fully saturated rings. The molecule has 0 radical (unpaired) electrons. The second kappa shape index (κ2) is 5.71. The molecule has 1 aliphatic rings. The van der Waals surface area contributed by atoms with Crippen LogP contribution in [0.5, 0.6) is 0 Å². The van der Waals surface area contributed by atoms with Gasteiger partial charge in [-0.3, -0.25) is 4.90 Å². The van der Waals surface area contributed by atoms with Gasteiger partial charge in [-0.05, 0) is 57.0 Å². The zero-order chi connectivity index (χ0) is 13.1. The fourth-order valence-corrected chi connectivity index (χ4v) is 2.64. The molecule has 0 aromatic heterocycles. The van der Waals surface area contributed by atoms with Crippen LogP contribution in [-0.2, 0) is 0 Å². The molecule has 0 amide bonds. The van der Waals surface area contributed by atoms with Gasteiger partial charge in [0.25, 0.3) is 0 Å². The van der Waals surface area contributed by atoms with Crippen molar-refractivity contribution in [2.75, 3.05) is 19.6 Å². The van der Waals surface area contributed by atoms with E-state index in [4.69, 9.17) is 5.73 Å². The lowest BCUT2D eigenvalue weighted by Gasteiger charge is -2.47. The highest BCUT2D eigenvalue weighted by Crippen LogP contribution is 2.34. The molecule has 1 atom stereocenters. The van der Waals surface area contributed by atoms with Crippen LogP contribution in [0.2, 0.25) is 0 Å². The quantitative estimate of drug-likeness (QED) is 0.799. The van der Waals surface area contributed by atoms with E-state index in [2.05, 4.69) is 39.5 Å². The van der Waals surface area contributed by atoms with Crippen molar-refractivity contribution in [3.05, 3.63) is 0 Å². The highest BCUT2D eigenvalue weighted by atomic mass is 15.2. The maximum Gasteiger partial charge on any atom is 0.0303 e. The van der Waals surface area contributed by atoms with Crippen molar-refractivity contribution in [3.63, 3.8) is 0 Å². The summed E-state index contributed by atoms with van der Waals surface area (Å²) in [5.74, 6) is 0.780. The molecule has 1 rings (SSSR count). The lowest BCUT2D eigenvalue weighted by Crippen LogP contribution is -2.55. The van der Waals surface area contributed by atoms with Gasteiger partial charge in [0.15, 0.2) is 0 Å². The van der Waals surface area contributed by atoms with Crippen LogP contribution in [0.15, 0.2) is 0 Å². The van der Waals surface area contributed by atoms with Gasteiger partial charge >= 0.3 is 0 Å². The van der Waals surface area contributed by atoms with E-state index in [-0.39, 0.29) is 5.54 Å². The maximum atomic E-state index is 6.05. The summed E-state index contributed by atoms with van der Waals surface area (Å²) in [6.07, 6.45) is 5.14. The summed E-state index contributed by atoms with van der Waals surface area (Å²) < 4.78 is 0. The molecule has 0 bridgehead atoms. The van der Waals surface area contributed by atoms with Gasteiger partial charge in [0.2, 0.25) is 0 Å². The second-order valence-corrected chi connectivity index (χ2v) is 7.28. The first kappa shape index (κ1) is 15.0. The van der Waals surface area contributed by atoms with E-state index < -0.39 is 0 Å². The van der Waals surface area contributed by atoms with Crippen molar-refractivity contribution in [2.45, 2.75) is 65.8 Å². The van der Waals surface area contributed by atoms with Crippen LogP contribution in [0.4, 0.5) is 0 Å². The highest BCUT2D eigenvalue weighted by molar-refractivity contribution is 4.91. The summed E-state index contributed by atoms with van der Waals surface area (Å²) in [6, 6.07) is 0. The Kier molecular flexibility index (Phi) is 5.03. The number of likely N-dealkylation sites (tertiary alicyclic amines) is 1. The molecule has 0 aromatic rings. The van der Waals surface area contributed by atoms with Crippen molar-refractivity contribution >= 4 is 0 Å². The minimum atomic E-state index is 0.223. The molecule has 1 saturated heterocycles. The van der Waals surface area contributed by atoms with Gasteiger partial charge in [-0.1, -0.05) is 27.7 Å². The molecule has 0 aromatic carbocycles. The zero-order valence-electron chi connectivity index (χ0n) is 12.6. The maximum absolute atomic E-state index is 6.05. The standard InChI is InChI=1S/C15H32N2/c1-13(2)6-7-15(5,12-16)17-10-8-14(3,4)9-11-17/h13H,6-12,16H2,1-5H3. The van der Waals surface area contributed by atoms with Gasteiger partial charge in [-0.15, -0.1) is 0 Å². The van der Waals surface area contributed by atoms with Crippen molar-refractivity contribution in [3.8, 4) is 0 Å². The summed E-state index contributed by atoms with van der Waals surface area (Å²) in [5, 5.41) is 0. The summed E-state index contributed by atoms with van der Waals surface area (Å²) in [7, 11) is 0. The second-order valence-electron chi connectivity index (χ2n) is 7.28. The normalized spacial score (nSPS) is 24.9. The van der Waals surface area contributed by atoms with E-state index in [0.29, 0.717) is 5.41 Å². The SMILES string of the molecule is CC(C)CCC(C)(CN)N1CCC(C)(C)CC1. The van der Waals surface area contributed by atoms with Crippen LogP contribution in [-0.4, -0.2) is 30.1 Å². The fraction of sp³-hybridized carbons (Fsp3) is 1.00. The average Bonchev–Trinajstić information content (AvgIpc) is 2.26. The Balaban J connectivity index is 2.55. The van der Waals surface area contributed by atoms with E-state index >= 15 is 0 Å². The molecule has 102 valence electrons. The van der Waals surface area contributed by atoms with Gasteiger partial charge in [-0.25, -0.2) is 0 Å². The molecule has 2 N–H and O–H groups in total. The molecule has 1 heterocycles. The van der Waals surface area contributed by atoms with Gasteiger partial charge in [0, 0.05) is 12.1 Å². The topological polar surface area (TPSA) is 29.3 Å². The van der Waals surface area contributed by atoms with Crippen LogP contribution < -0.4 is 5.73 Å². The smallest absolute Gasteiger partial charge is 0.0303 e. The predicted octanol–water partition coefficient (Wildman–Crippen LogP) is 3.26. The van der Waals surface area contributed by atoms with E-state index in [9.17, 15) is 0 Å². The molecule has 1 aliphatic heterocycles. The van der Waals surface area contributed by atoms with E-state index in [1.54, 1.807) is 0 Å². The van der Waals surface area contributed by atoms with Gasteiger partial charge in [-0.2, -0.15) is 0 Å². The van der Waals surface area contributed by atoms with Crippen LogP contribution >= 0.6 is 0 Å². The fourth-order valence-electron chi connectivity index (χ4n) is 2.64. The van der Waals surface area contributed by atoms with Gasteiger partial charge in [0.1, 0.15) is 0 Å². The number of nitrogens with zero attached hydrogens (tertiary/aromatic N) is 1. The van der Waals surface area contributed by atoms with Crippen molar-refractivity contribution < 1.29 is 0 Å². The Morgan fingerprint density at radius 1 is 1.24 bits per heavy atom. The van der Waals surface area contributed by atoms with Gasteiger partial charge in [0.05, 0.1) is 0 Å². The number of hydrogen-bond donors (Lipinski definition) is 1. The Morgan fingerprint density at radius 3 is 2.18 bits per heavy atom. The summed E-state index contributed by atoms with van der Waals surface area (Å²) >= 11 is 0. The minimum absolute atomic E-state index is 0.223. The number of nitrogens with two attached hydrogens (primary N) is 1. The van der Waals surface area contributed by atoms with Crippen molar-refractivity contribution in [2.24, 2.45) is 17.1 Å². The zero-order valence-corrected chi connectivity index (χ0v) is 12.6. The Bertz CT molecular complexity index is 225. The van der Waals surface area contributed by atoms with Crippen LogP contribution in [0.1, 0.15) is 60.3 Å². The Hall–Kier alpha value is -0.0800. The van der Waals surface area contributed by atoms with Gasteiger partial charge < -0.3 is 5.73 Å². The lowest BCUT2D eigenvalue weighted by atomic mass is 9.80. The summed E-state index contributed by atoms with van der Waals surface area (Å²) in [6.45, 7) is 15.0. The highest BCUT2D eigenvalue weighted by Gasteiger charge is 2.35. The van der Waals surface area contributed by atoms with E-state index in [1.807, 2.05) is 0 Å². The largest absolute Gasteiger partial charge is 0.329 e. The number of rotatable bonds is 5. The molecule has 0 aliphatic carbocycles. The average molecular weight is 240 g/mol. The first-order valence-corrected chi connectivity index (χ1v) is 7.24. The third-order valence-electron chi connectivity index (χ3n) is 4.58. The third kappa shape index (κ3) is 4.26. The van der Waals surface area contributed by atoms with Crippen LogP contribution in [0.25, 0.3) is 0 Å². The molecule has 2 heteroatoms. The monoisotopic (exact) mass is 240 g/mol. The van der Waals surface area contributed by atoms with Crippen LogP contribution in [0.3, 0.4) is 0 Å². The molecule has 17 heavy (non-hydrogen) atoms. The first-order valence-electron chi connectivity index (χ1n) is 7.24. The lowest BCUT2D eigenvalue weighted by molar-refractivity contribution is 0.0348. The Labute approximate surface area is 108 Å². The molecular weight excluding hydrogens is 208 g/mol. The molecular formula is C15H32N2. The first-order chi connectivity index (χ1) is 7.79. The number of piperidine rings is 1. The molecule has 0 saturated carbocycles. The van der Waals surface area contributed by atoms with Crippen LogP contribution in [0, 0.1) is 11.3 Å². The van der Waals surface area contributed by atoms with E-state index in [1.165, 1.54) is 38.8 Å². The van der Waals surface area contributed by atoms with E-state index in [0.717, 1.165) is 12.5 Å². The summed E-state index contributed by atoms with van der Waals surface area (Å²) in [5.41, 5.74) is 6.80. The predicted molar refractivity (Wildman–Crippen MR) is 76.1 cm³/mol. The molecule has 1 unspecified atom stereocenters. The molecule has 0 spiro atoms. The molecule has 2 nitrogen and oxygen atoms in total.